The zero-order valence-corrected chi connectivity index (χ0v) is 17.1. The van der Waals surface area contributed by atoms with Crippen molar-refractivity contribution in [3.8, 4) is 6.07 Å². The Hall–Kier alpha value is -4.25. The lowest BCUT2D eigenvalue weighted by molar-refractivity contribution is -0.120. The largest absolute Gasteiger partial charge is 0.326 e. The fraction of sp³-hybridized carbons (Fsp3) is 0.167. The Morgan fingerprint density at radius 1 is 1.12 bits per heavy atom. The number of urea groups is 1. The van der Waals surface area contributed by atoms with E-state index in [0.29, 0.717) is 30.0 Å². The molecule has 3 aromatic rings. The Labute approximate surface area is 184 Å². The van der Waals surface area contributed by atoms with Crippen LogP contribution in [0.4, 0.5) is 20.7 Å². The quantitative estimate of drug-likeness (QED) is 0.649. The van der Waals surface area contributed by atoms with Crippen molar-refractivity contribution >= 4 is 23.4 Å². The first kappa shape index (κ1) is 21.0. The fourth-order valence-corrected chi connectivity index (χ4v) is 3.62. The number of anilines is 2. The Morgan fingerprint density at radius 2 is 1.88 bits per heavy atom. The number of carbonyl (C=O) groups excluding carboxylic acids is 2. The predicted octanol–water partition coefficient (Wildman–Crippen LogP) is 3.41. The van der Waals surface area contributed by atoms with E-state index in [2.05, 4.69) is 21.7 Å². The van der Waals surface area contributed by atoms with E-state index in [1.54, 1.807) is 35.4 Å². The van der Waals surface area contributed by atoms with Gasteiger partial charge in [0, 0.05) is 24.8 Å². The second-order valence-electron chi connectivity index (χ2n) is 7.40. The van der Waals surface area contributed by atoms with Crippen molar-refractivity contribution in [1.29, 1.82) is 5.26 Å². The topological polar surface area (TPSA) is 98.1 Å². The summed E-state index contributed by atoms with van der Waals surface area (Å²) in [6.45, 7) is 0.482. The van der Waals surface area contributed by atoms with Crippen molar-refractivity contribution < 1.29 is 14.0 Å². The van der Waals surface area contributed by atoms with Gasteiger partial charge in [-0.25, -0.2) is 14.2 Å². The summed E-state index contributed by atoms with van der Waals surface area (Å²) >= 11 is 0. The van der Waals surface area contributed by atoms with Crippen LogP contribution in [0.2, 0.25) is 0 Å². The molecule has 1 aliphatic rings. The number of halogens is 1. The van der Waals surface area contributed by atoms with E-state index in [4.69, 9.17) is 5.26 Å². The normalized spacial score (nSPS) is 13.1. The van der Waals surface area contributed by atoms with Crippen LogP contribution in [-0.2, 0) is 17.6 Å². The van der Waals surface area contributed by atoms with E-state index in [-0.39, 0.29) is 12.3 Å². The number of nitrogens with one attached hydrogen (secondary N) is 2. The van der Waals surface area contributed by atoms with Crippen LogP contribution in [0, 0.1) is 17.1 Å². The molecule has 2 N–H and O–H groups in total. The zero-order valence-electron chi connectivity index (χ0n) is 17.1. The Balaban J connectivity index is 1.54. The summed E-state index contributed by atoms with van der Waals surface area (Å²) in [5.41, 5.74) is 2.69. The smallest absolute Gasteiger partial charge is 0.319 e. The summed E-state index contributed by atoms with van der Waals surface area (Å²) in [6.07, 6.45) is 2.56. The highest BCUT2D eigenvalue weighted by Crippen LogP contribution is 2.26. The summed E-state index contributed by atoms with van der Waals surface area (Å²) in [5.74, 6) is -0.0887. The Kier molecular flexibility index (Phi) is 6.08. The van der Waals surface area contributed by atoms with Gasteiger partial charge in [-0.05, 0) is 60.0 Å². The predicted molar refractivity (Wildman–Crippen MR) is 117 cm³/mol. The summed E-state index contributed by atoms with van der Waals surface area (Å²) < 4.78 is 13.1. The molecule has 4 rings (SSSR count). The lowest BCUT2D eigenvalue weighted by Gasteiger charge is -2.24. The summed E-state index contributed by atoms with van der Waals surface area (Å²) in [5, 5.41) is 14.4. The van der Waals surface area contributed by atoms with Crippen molar-refractivity contribution in [3.05, 3.63) is 89.4 Å². The number of fused-ring (bicyclic) bond motifs is 1. The number of nitrogens with zero attached hydrogens (tertiary/aromatic N) is 3. The number of carbonyl (C=O) groups is 2. The van der Waals surface area contributed by atoms with Crippen LogP contribution in [0.15, 0.2) is 66.9 Å². The van der Waals surface area contributed by atoms with Crippen molar-refractivity contribution in [2.75, 3.05) is 16.8 Å². The Morgan fingerprint density at radius 3 is 2.59 bits per heavy atom. The van der Waals surface area contributed by atoms with Crippen LogP contribution < -0.4 is 15.5 Å². The van der Waals surface area contributed by atoms with Gasteiger partial charge in [-0.2, -0.15) is 5.26 Å². The zero-order chi connectivity index (χ0) is 22.5. The second kappa shape index (κ2) is 9.27. The maximum absolute atomic E-state index is 13.4. The van der Waals surface area contributed by atoms with Crippen molar-refractivity contribution in [3.63, 3.8) is 0 Å². The number of pyridine rings is 1. The van der Waals surface area contributed by atoms with E-state index in [9.17, 15) is 14.0 Å². The second-order valence-corrected chi connectivity index (χ2v) is 7.40. The highest BCUT2D eigenvalue weighted by molar-refractivity contribution is 6.01. The van der Waals surface area contributed by atoms with Crippen LogP contribution in [0.25, 0.3) is 0 Å². The first-order valence-electron chi connectivity index (χ1n) is 10.1. The van der Waals surface area contributed by atoms with Gasteiger partial charge in [-0.1, -0.05) is 18.2 Å². The van der Waals surface area contributed by atoms with Gasteiger partial charge in [0.15, 0.2) is 0 Å². The van der Waals surface area contributed by atoms with E-state index in [0.717, 1.165) is 11.1 Å². The number of amides is 3. The van der Waals surface area contributed by atoms with Crippen molar-refractivity contribution in [2.45, 2.75) is 18.9 Å². The third kappa shape index (κ3) is 4.73. The average molecular weight is 429 g/mol. The fourth-order valence-electron chi connectivity index (χ4n) is 3.62. The highest BCUT2D eigenvalue weighted by Gasteiger charge is 2.32. The van der Waals surface area contributed by atoms with Gasteiger partial charge in [0.2, 0.25) is 0 Å². The molecule has 0 radical (unpaired) electrons. The van der Waals surface area contributed by atoms with E-state index in [1.807, 2.05) is 12.1 Å². The standard InChI is InChI=1S/C24H20FN5O2/c25-19-7-9-20(10-8-19)28-24(32)29-21(14-16-3-5-17(15-26)6-4-16)23(31)30-13-11-18-2-1-12-27-22(18)30/h1-10,12,21H,11,13-14H2,(H2,28,29,32)/t21-/m1/s1. The SMILES string of the molecule is N#Cc1ccc(C[C@@H](NC(=O)Nc2ccc(F)cc2)C(=O)N2CCc3cccnc32)cc1. The van der Waals surface area contributed by atoms with E-state index < -0.39 is 17.9 Å². The number of aromatic nitrogens is 1. The highest BCUT2D eigenvalue weighted by atomic mass is 19.1. The molecule has 0 unspecified atom stereocenters. The number of benzene rings is 2. The molecule has 160 valence electrons. The van der Waals surface area contributed by atoms with Crippen LogP contribution >= 0.6 is 0 Å². The molecule has 2 heterocycles. The lowest BCUT2D eigenvalue weighted by atomic mass is 10.0. The third-order valence-electron chi connectivity index (χ3n) is 5.22. The van der Waals surface area contributed by atoms with Gasteiger partial charge in [-0.3, -0.25) is 9.69 Å². The molecule has 3 amide bonds. The average Bonchev–Trinajstić information content (AvgIpc) is 3.24. The maximum atomic E-state index is 13.4. The van der Waals surface area contributed by atoms with Gasteiger partial charge in [-0.15, -0.1) is 0 Å². The minimum Gasteiger partial charge on any atom is -0.326 e. The molecule has 0 saturated carbocycles. The molecule has 1 aromatic heterocycles. The number of hydrogen-bond acceptors (Lipinski definition) is 4. The molecule has 1 atom stereocenters. The van der Waals surface area contributed by atoms with Crippen LogP contribution in [0.5, 0.6) is 0 Å². The molecule has 2 aromatic carbocycles. The van der Waals surface area contributed by atoms with Gasteiger partial charge >= 0.3 is 6.03 Å². The maximum Gasteiger partial charge on any atom is 0.319 e. The van der Waals surface area contributed by atoms with E-state index in [1.165, 1.54) is 24.3 Å². The third-order valence-corrected chi connectivity index (χ3v) is 5.22. The summed E-state index contributed by atoms with van der Waals surface area (Å²) in [4.78, 5) is 31.9. The molecule has 0 bridgehead atoms. The van der Waals surface area contributed by atoms with Crippen LogP contribution in [-0.4, -0.2) is 29.5 Å². The number of hydrogen-bond donors (Lipinski definition) is 2. The molecule has 0 aliphatic carbocycles. The summed E-state index contributed by atoms with van der Waals surface area (Å²) in [7, 11) is 0. The lowest BCUT2D eigenvalue weighted by Crippen LogP contribution is -2.50. The molecule has 8 heteroatoms. The van der Waals surface area contributed by atoms with Crippen LogP contribution in [0.1, 0.15) is 16.7 Å². The molecular weight excluding hydrogens is 409 g/mol. The summed E-state index contributed by atoms with van der Waals surface area (Å²) in [6, 6.07) is 16.6. The molecule has 0 saturated heterocycles. The molecule has 32 heavy (non-hydrogen) atoms. The molecule has 0 spiro atoms. The monoisotopic (exact) mass is 429 g/mol. The number of nitriles is 1. The van der Waals surface area contributed by atoms with Gasteiger partial charge in [0.25, 0.3) is 5.91 Å². The minimum absolute atomic E-state index is 0.236. The first-order chi connectivity index (χ1) is 15.5. The number of rotatable bonds is 5. The van der Waals surface area contributed by atoms with Gasteiger partial charge in [0.05, 0.1) is 11.6 Å². The van der Waals surface area contributed by atoms with Crippen molar-refractivity contribution in [1.82, 2.24) is 10.3 Å². The van der Waals surface area contributed by atoms with Gasteiger partial charge in [0.1, 0.15) is 17.7 Å². The Bertz CT molecular complexity index is 1170. The van der Waals surface area contributed by atoms with Gasteiger partial charge < -0.3 is 10.6 Å². The molecule has 7 nitrogen and oxygen atoms in total. The molecule has 0 fully saturated rings. The molecular formula is C24H20FN5O2. The molecule has 1 aliphatic heterocycles. The van der Waals surface area contributed by atoms with Crippen LogP contribution in [0.3, 0.4) is 0 Å². The van der Waals surface area contributed by atoms with Crippen molar-refractivity contribution in [2.24, 2.45) is 0 Å². The van der Waals surface area contributed by atoms with E-state index >= 15 is 0 Å². The minimum atomic E-state index is -0.864. The first-order valence-corrected chi connectivity index (χ1v) is 10.1.